The minimum atomic E-state index is -0.297. The average Bonchev–Trinajstić information content (AvgIpc) is 2.85. The Morgan fingerprint density at radius 1 is 1.47 bits per heavy atom. The summed E-state index contributed by atoms with van der Waals surface area (Å²) in [5.41, 5.74) is 3.34. The third-order valence-electron chi connectivity index (χ3n) is 3.96. The molecule has 2 N–H and O–H groups in total. The number of carbonyl (C=O) groups excluding carboxylic acids is 1. The van der Waals surface area contributed by atoms with Crippen LogP contribution in [0.3, 0.4) is 0 Å². The van der Waals surface area contributed by atoms with Crippen LogP contribution in [-0.4, -0.2) is 25.2 Å². The number of nitrogens with one attached hydrogen (secondary N) is 2. The summed E-state index contributed by atoms with van der Waals surface area (Å²) in [6.45, 7) is 3.79. The third kappa shape index (κ3) is 2.59. The topological polar surface area (TPSA) is 50.4 Å². The van der Waals surface area contributed by atoms with Gasteiger partial charge in [-0.1, -0.05) is 6.92 Å². The van der Waals surface area contributed by atoms with E-state index in [1.807, 2.05) is 12.1 Å². The highest BCUT2D eigenvalue weighted by Crippen LogP contribution is 2.26. The highest BCUT2D eigenvalue weighted by atomic mass is 16.5. The van der Waals surface area contributed by atoms with E-state index in [0.29, 0.717) is 12.5 Å². The molecule has 1 saturated heterocycles. The number of rotatable bonds is 2. The number of aryl methyl sites for hydroxylation is 1. The first-order chi connectivity index (χ1) is 9.24. The van der Waals surface area contributed by atoms with E-state index in [0.717, 1.165) is 31.5 Å². The molecule has 4 heteroatoms. The van der Waals surface area contributed by atoms with Gasteiger partial charge in [0.1, 0.15) is 6.10 Å². The normalized spacial score (nSPS) is 25.5. The van der Waals surface area contributed by atoms with Gasteiger partial charge in [-0.15, -0.1) is 0 Å². The summed E-state index contributed by atoms with van der Waals surface area (Å²) in [5.74, 6) is 0.285. The van der Waals surface area contributed by atoms with Crippen LogP contribution in [0.2, 0.25) is 0 Å². The lowest BCUT2D eigenvalue weighted by atomic mass is 10.0. The SMILES string of the molecule is CC1CCOC1C(=O)Nc1ccc2c(c1)CCCN2. The minimum Gasteiger partial charge on any atom is -0.385 e. The maximum absolute atomic E-state index is 12.1. The van der Waals surface area contributed by atoms with E-state index >= 15 is 0 Å². The van der Waals surface area contributed by atoms with E-state index < -0.39 is 0 Å². The van der Waals surface area contributed by atoms with Gasteiger partial charge in [-0.2, -0.15) is 0 Å². The zero-order valence-electron chi connectivity index (χ0n) is 11.2. The molecule has 2 atom stereocenters. The molecule has 0 bridgehead atoms. The molecule has 0 radical (unpaired) electrons. The summed E-state index contributed by atoms with van der Waals surface area (Å²) >= 11 is 0. The van der Waals surface area contributed by atoms with Gasteiger partial charge in [0.15, 0.2) is 0 Å². The maximum Gasteiger partial charge on any atom is 0.253 e. The van der Waals surface area contributed by atoms with Gasteiger partial charge in [0.2, 0.25) is 0 Å². The molecule has 19 heavy (non-hydrogen) atoms. The van der Waals surface area contributed by atoms with Gasteiger partial charge in [0.25, 0.3) is 5.91 Å². The summed E-state index contributed by atoms with van der Waals surface area (Å²) in [5, 5.41) is 6.34. The van der Waals surface area contributed by atoms with Crippen LogP contribution in [0.4, 0.5) is 11.4 Å². The Hall–Kier alpha value is -1.55. The van der Waals surface area contributed by atoms with Gasteiger partial charge < -0.3 is 15.4 Å². The molecule has 0 saturated carbocycles. The molecule has 1 aromatic carbocycles. The van der Waals surface area contributed by atoms with Crippen molar-refractivity contribution in [3.8, 4) is 0 Å². The lowest BCUT2D eigenvalue weighted by Gasteiger charge is -2.20. The molecule has 3 rings (SSSR count). The number of carbonyl (C=O) groups is 1. The summed E-state index contributed by atoms with van der Waals surface area (Å²) in [4.78, 5) is 12.1. The first kappa shape index (κ1) is 12.5. The van der Waals surface area contributed by atoms with E-state index in [1.165, 1.54) is 11.3 Å². The Morgan fingerprint density at radius 3 is 3.16 bits per heavy atom. The number of hydrogen-bond donors (Lipinski definition) is 2. The second-order valence-corrected chi connectivity index (χ2v) is 5.45. The fourth-order valence-electron chi connectivity index (χ4n) is 2.80. The van der Waals surface area contributed by atoms with Crippen LogP contribution < -0.4 is 10.6 Å². The molecule has 1 amide bonds. The molecular weight excluding hydrogens is 240 g/mol. The lowest BCUT2D eigenvalue weighted by molar-refractivity contribution is -0.126. The smallest absolute Gasteiger partial charge is 0.253 e. The number of hydrogen-bond acceptors (Lipinski definition) is 3. The van der Waals surface area contributed by atoms with Crippen molar-refractivity contribution in [2.24, 2.45) is 5.92 Å². The monoisotopic (exact) mass is 260 g/mol. The Kier molecular flexibility index (Phi) is 3.42. The Balaban J connectivity index is 1.71. The molecule has 0 spiro atoms. The van der Waals surface area contributed by atoms with Gasteiger partial charge in [-0.05, 0) is 48.9 Å². The van der Waals surface area contributed by atoms with Crippen LogP contribution in [-0.2, 0) is 16.0 Å². The third-order valence-corrected chi connectivity index (χ3v) is 3.96. The van der Waals surface area contributed by atoms with Crippen LogP contribution in [0.1, 0.15) is 25.3 Å². The number of benzene rings is 1. The number of amides is 1. The van der Waals surface area contributed by atoms with Crippen molar-refractivity contribution in [1.29, 1.82) is 0 Å². The Labute approximate surface area is 113 Å². The van der Waals surface area contributed by atoms with Crippen molar-refractivity contribution < 1.29 is 9.53 Å². The molecule has 4 nitrogen and oxygen atoms in total. The Morgan fingerprint density at radius 2 is 2.37 bits per heavy atom. The minimum absolute atomic E-state index is 0.0197. The van der Waals surface area contributed by atoms with Crippen molar-refractivity contribution in [1.82, 2.24) is 0 Å². The zero-order valence-corrected chi connectivity index (χ0v) is 11.2. The van der Waals surface area contributed by atoms with E-state index in [9.17, 15) is 4.79 Å². The zero-order chi connectivity index (χ0) is 13.2. The predicted octanol–water partition coefficient (Wildman–Crippen LogP) is 2.41. The number of ether oxygens (including phenoxy) is 1. The number of anilines is 2. The molecule has 0 aromatic heterocycles. The second kappa shape index (κ2) is 5.21. The van der Waals surface area contributed by atoms with Gasteiger partial charge in [0.05, 0.1) is 0 Å². The van der Waals surface area contributed by atoms with Crippen molar-refractivity contribution in [2.75, 3.05) is 23.8 Å². The summed E-state index contributed by atoms with van der Waals surface area (Å²) in [6, 6.07) is 6.07. The maximum atomic E-state index is 12.1. The Bertz CT molecular complexity index is 487. The average molecular weight is 260 g/mol. The molecule has 2 aliphatic heterocycles. The van der Waals surface area contributed by atoms with E-state index in [2.05, 4.69) is 23.6 Å². The van der Waals surface area contributed by atoms with Gasteiger partial charge >= 0.3 is 0 Å². The van der Waals surface area contributed by atoms with Crippen molar-refractivity contribution >= 4 is 17.3 Å². The molecule has 1 aromatic rings. The fourth-order valence-corrected chi connectivity index (χ4v) is 2.80. The van der Waals surface area contributed by atoms with Gasteiger partial charge in [-0.3, -0.25) is 4.79 Å². The van der Waals surface area contributed by atoms with Crippen LogP contribution >= 0.6 is 0 Å². The molecule has 0 aliphatic carbocycles. The standard InChI is InChI=1S/C15H20N2O2/c1-10-6-8-19-14(10)15(18)17-12-4-5-13-11(9-12)3-2-7-16-13/h4-5,9-10,14,16H,2-3,6-8H2,1H3,(H,17,18). The molecular formula is C15H20N2O2. The van der Waals surface area contributed by atoms with Crippen molar-refractivity contribution in [2.45, 2.75) is 32.3 Å². The van der Waals surface area contributed by atoms with E-state index in [4.69, 9.17) is 4.74 Å². The summed E-state index contributed by atoms with van der Waals surface area (Å²) in [7, 11) is 0. The van der Waals surface area contributed by atoms with Crippen LogP contribution in [0.25, 0.3) is 0 Å². The van der Waals surface area contributed by atoms with E-state index in [-0.39, 0.29) is 12.0 Å². The molecule has 2 aliphatic rings. The van der Waals surface area contributed by atoms with Crippen LogP contribution in [0.5, 0.6) is 0 Å². The first-order valence-electron chi connectivity index (χ1n) is 7.03. The summed E-state index contributed by atoms with van der Waals surface area (Å²) < 4.78 is 5.49. The summed E-state index contributed by atoms with van der Waals surface area (Å²) in [6.07, 6.45) is 2.89. The van der Waals surface area contributed by atoms with E-state index in [1.54, 1.807) is 0 Å². The van der Waals surface area contributed by atoms with Gasteiger partial charge in [0, 0.05) is 24.5 Å². The highest BCUT2D eigenvalue weighted by Gasteiger charge is 2.30. The van der Waals surface area contributed by atoms with Gasteiger partial charge in [-0.25, -0.2) is 0 Å². The molecule has 1 fully saturated rings. The van der Waals surface area contributed by atoms with Crippen LogP contribution in [0, 0.1) is 5.92 Å². The molecule has 102 valence electrons. The first-order valence-corrected chi connectivity index (χ1v) is 7.03. The highest BCUT2D eigenvalue weighted by molar-refractivity contribution is 5.94. The number of fused-ring (bicyclic) bond motifs is 1. The second-order valence-electron chi connectivity index (χ2n) is 5.45. The lowest BCUT2D eigenvalue weighted by Crippen LogP contribution is -2.31. The predicted molar refractivity (Wildman–Crippen MR) is 75.4 cm³/mol. The fraction of sp³-hybridized carbons (Fsp3) is 0.533. The molecule has 2 heterocycles. The van der Waals surface area contributed by atoms with Crippen LogP contribution in [0.15, 0.2) is 18.2 Å². The largest absolute Gasteiger partial charge is 0.385 e. The van der Waals surface area contributed by atoms with Crippen molar-refractivity contribution in [3.05, 3.63) is 23.8 Å². The quantitative estimate of drug-likeness (QED) is 0.858. The van der Waals surface area contributed by atoms with Crippen molar-refractivity contribution in [3.63, 3.8) is 0 Å². The molecule has 2 unspecified atom stereocenters.